The second kappa shape index (κ2) is 14.3. The molecule has 1 aliphatic rings. The van der Waals surface area contributed by atoms with E-state index in [0.717, 1.165) is 11.8 Å². The van der Waals surface area contributed by atoms with Crippen LogP contribution in [0.15, 0.2) is 77.7 Å². The van der Waals surface area contributed by atoms with Crippen LogP contribution in [0.2, 0.25) is 18.1 Å². The normalized spacial score (nSPS) is 21.5. The van der Waals surface area contributed by atoms with Crippen molar-refractivity contribution in [3.05, 3.63) is 89.0 Å². The Bertz CT molecular complexity index is 1620. The number of rotatable bonds is 13. The van der Waals surface area contributed by atoms with Crippen LogP contribution in [0.5, 0.6) is 5.75 Å². The molecule has 3 N–H and O–H groups in total. The van der Waals surface area contributed by atoms with Gasteiger partial charge in [0.25, 0.3) is 0 Å². The quantitative estimate of drug-likeness (QED) is 0.129. The summed E-state index contributed by atoms with van der Waals surface area (Å²) in [6, 6.07) is 16.9. The minimum Gasteiger partial charge on any atom is -0.460 e. The number of hydrogen-bond donors (Lipinski definition) is 2. The van der Waals surface area contributed by atoms with Gasteiger partial charge in [0.15, 0.2) is 8.32 Å². The third kappa shape index (κ3) is 8.92. The fourth-order valence-corrected chi connectivity index (χ4v) is 7.17. The van der Waals surface area contributed by atoms with Gasteiger partial charge in [-0.25, -0.2) is 9.36 Å². The Labute approximate surface area is 273 Å². The van der Waals surface area contributed by atoms with Crippen LogP contribution in [0.25, 0.3) is 0 Å². The number of esters is 1. The van der Waals surface area contributed by atoms with Crippen LogP contribution in [0.3, 0.4) is 0 Å². The number of para-hydroxylation sites is 1. The average Bonchev–Trinajstić information content (AvgIpc) is 3.23. The zero-order valence-corrected chi connectivity index (χ0v) is 29.0. The molecule has 16 heteroatoms. The number of ether oxygens (including phenoxy) is 2. The van der Waals surface area contributed by atoms with Crippen LogP contribution < -0.4 is 21.0 Å². The highest BCUT2D eigenvalue weighted by atomic mass is 31.2. The first kappa shape index (κ1) is 36.4. The maximum absolute atomic E-state index is 16.2. The van der Waals surface area contributed by atoms with Crippen LogP contribution >= 0.6 is 7.75 Å². The van der Waals surface area contributed by atoms with Crippen molar-refractivity contribution >= 4 is 27.9 Å². The van der Waals surface area contributed by atoms with E-state index in [1.807, 2.05) is 26.8 Å². The smallest absolute Gasteiger partial charge is 0.459 e. The number of aromatic nitrogens is 2. The minimum absolute atomic E-state index is 0.0331. The molecule has 5 atom stereocenters. The van der Waals surface area contributed by atoms with Gasteiger partial charge in [0.2, 0.25) is 6.23 Å². The average molecular weight is 695 g/mol. The van der Waals surface area contributed by atoms with Crippen LogP contribution in [0.4, 0.5) is 14.6 Å². The first-order valence-corrected chi connectivity index (χ1v) is 19.4. The molecular weight excluding hydrogens is 653 g/mol. The molecule has 1 fully saturated rings. The molecule has 0 aliphatic carbocycles. The molecule has 0 spiro atoms. The van der Waals surface area contributed by atoms with Crippen molar-refractivity contribution < 1.29 is 41.1 Å². The maximum atomic E-state index is 16.2. The minimum atomic E-state index is -4.48. The molecule has 0 unspecified atom stereocenters. The molecular formula is C31H41F2N4O8PSi. The number of alkyl halides is 2. The lowest BCUT2D eigenvalue weighted by atomic mass is 10.1. The number of benzene rings is 2. The number of nitrogen functional groups attached to an aromatic ring is 1. The molecule has 0 bridgehead atoms. The number of nitrogens with one attached hydrogen (secondary N) is 1. The number of anilines is 1. The lowest BCUT2D eigenvalue weighted by Gasteiger charge is -2.40. The van der Waals surface area contributed by atoms with E-state index in [2.05, 4.69) is 10.1 Å². The number of hydrogen-bond acceptors (Lipinski definition) is 10. The van der Waals surface area contributed by atoms with E-state index >= 15 is 8.78 Å². The van der Waals surface area contributed by atoms with Crippen molar-refractivity contribution in [1.82, 2.24) is 14.6 Å². The van der Waals surface area contributed by atoms with Gasteiger partial charge in [-0.3, -0.25) is 13.9 Å². The van der Waals surface area contributed by atoms with Gasteiger partial charge in [-0.1, -0.05) is 69.3 Å². The summed E-state index contributed by atoms with van der Waals surface area (Å²) in [6.45, 7) is 9.87. The standard InChI is InChI=1S/C31H41F2N4O8PSi/c1-21(27(38)41-19-22-13-9-7-10-14-22)36-46(40,44-23-15-11-8-12-16-23)42-20-24-26(45-47(5,6)30(2,3)4)31(32,33)28(43-24)37-18-17-25(34)35-29(37)39/h7-18,21,24,26,28H,19-20H2,1-6H3,(H,36,40)(H2,34,35,39)/t21-,24+,26+,28+,46+/m0/s1. The molecule has 47 heavy (non-hydrogen) atoms. The first-order valence-electron chi connectivity index (χ1n) is 15.0. The van der Waals surface area contributed by atoms with Gasteiger partial charge >= 0.3 is 25.3 Å². The molecule has 4 rings (SSSR count). The number of halogens is 2. The molecule has 0 amide bonds. The lowest BCUT2D eigenvalue weighted by molar-refractivity contribution is -0.146. The number of nitrogens with zero attached hydrogens (tertiary/aromatic N) is 2. The molecule has 0 saturated carbocycles. The molecule has 2 aromatic carbocycles. The molecule has 0 radical (unpaired) electrons. The Kier molecular flexibility index (Phi) is 11.1. The summed E-state index contributed by atoms with van der Waals surface area (Å²) in [5.41, 5.74) is 5.26. The second-order valence-corrected chi connectivity index (χ2v) is 19.1. The van der Waals surface area contributed by atoms with E-state index in [9.17, 15) is 14.2 Å². The SMILES string of the molecule is C[C@H](N[P@@](=O)(OC[C@H]1O[C@@H](n2ccc(N)nc2=O)C(F)(F)[C@@H]1O[Si](C)(C)C(C)(C)C)Oc1ccccc1)C(=O)OCc1ccccc1. The summed E-state index contributed by atoms with van der Waals surface area (Å²) in [5, 5.41) is 2.07. The Morgan fingerprint density at radius 3 is 2.34 bits per heavy atom. The van der Waals surface area contributed by atoms with Gasteiger partial charge in [0, 0.05) is 6.20 Å². The van der Waals surface area contributed by atoms with E-state index in [-0.39, 0.29) is 18.2 Å². The highest BCUT2D eigenvalue weighted by Gasteiger charge is 2.63. The van der Waals surface area contributed by atoms with Gasteiger partial charge < -0.3 is 24.2 Å². The maximum Gasteiger partial charge on any atom is 0.459 e. The van der Waals surface area contributed by atoms with Gasteiger partial charge in [-0.05, 0) is 48.8 Å². The number of carbonyl (C=O) groups is 1. The summed E-state index contributed by atoms with van der Waals surface area (Å²) in [7, 11) is -7.36. The zero-order chi connectivity index (χ0) is 34.6. The monoisotopic (exact) mass is 694 g/mol. The third-order valence-electron chi connectivity index (χ3n) is 7.99. The molecule has 3 aromatic rings. The Balaban J connectivity index is 1.60. The van der Waals surface area contributed by atoms with Crippen LogP contribution in [-0.2, 0) is 34.4 Å². The fourth-order valence-electron chi connectivity index (χ4n) is 4.37. The van der Waals surface area contributed by atoms with Crippen molar-refractivity contribution in [2.24, 2.45) is 0 Å². The highest BCUT2D eigenvalue weighted by molar-refractivity contribution is 7.52. The topological polar surface area (TPSA) is 153 Å². The highest BCUT2D eigenvalue weighted by Crippen LogP contribution is 2.50. The molecule has 12 nitrogen and oxygen atoms in total. The van der Waals surface area contributed by atoms with E-state index in [4.69, 9.17) is 28.7 Å². The molecule has 1 saturated heterocycles. The van der Waals surface area contributed by atoms with Crippen molar-refractivity contribution in [3.8, 4) is 5.75 Å². The molecule has 256 valence electrons. The summed E-state index contributed by atoms with van der Waals surface area (Å²) < 4.78 is 76.0. The Hall–Kier alpha value is -3.46. The number of nitrogens with two attached hydrogens (primary N) is 1. The molecule has 1 aromatic heterocycles. The van der Waals surface area contributed by atoms with Gasteiger partial charge in [0.1, 0.15) is 36.4 Å². The largest absolute Gasteiger partial charge is 0.460 e. The Morgan fingerprint density at radius 1 is 1.13 bits per heavy atom. The van der Waals surface area contributed by atoms with E-state index < -0.39 is 69.8 Å². The number of carbonyl (C=O) groups excluding carboxylic acids is 1. The van der Waals surface area contributed by atoms with E-state index in [0.29, 0.717) is 4.57 Å². The van der Waals surface area contributed by atoms with Crippen LogP contribution in [0, 0.1) is 0 Å². The predicted octanol–water partition coefficient (Wildman–Crippen LogP) is 5.67. The van der Waals surface area contributed by atoms with Crippen molar-refractivity contribution in [2.75, 3.05) is 12.3 Å². The van der Waals surface area contributed by atoms with Crippen LogP contribution in [-0.4, -0.2) is 54.6 Å². The summed E-state index contributed by atoms with van der Waals surface area (Å²) in [6.07, 6.45) is -4.54. The van der Waals surface area contributed by atoms with Gasteiger partial charge in [-0.2, -0.15) is 18.9 Å². The fraction of sp³-hybridized carbons (Fsp3) is 0.452. The summed E-state index contributed by atoms with van der Waals surface area (Å²) in [4.78, 5) is 29.0. The molecule has 1 aliphatic heterocycles. The van der Waals surface area contributed by atoms with Gasteiger partial charge in [0.05, 0.1) is 6.61 Å². The predicted molar refractivity (Wildman–Crippen MR) is 173 cm³/mol. The van der Waals surface area contributed by atoms with Crippen molar-refractivity contribution in [1.29, 1.82) is 0 Å². The zero-order valence-electron chi connectivity index (χ0n) is 27.1. The third-order valence-corrected chi connectivity index (χ3v) is 14.1. The van der Waals surface area contributed by atoms with Gasteiger partial charge in [-0.15, -0.1) is 0 Å². The van der Waals surface area contributed by atoms with E-state index in [1.165, 1.54) is 25.1 Å². The van der Waals surface area contributed by atoms with E-state index in [1.54, 1.807) is 55.6 Å². The second-order valence-electron chi connectivity index (χ2n) is 12.7. The first-order chi connectivity index (χ1) is 21.9. The summed E-state index contributed by atoms with van der Waals surface area (Å²) >= 11 is 0. The van der Waals surface area contributed by atoms with Crippen LogP contribution in [0.1, 0.15) is 39.5 Å². The summed E-state index contributed by atoms with van der Waals surface area (Å²) in [5.74, 6) is -4.55. The molecule has 2 heterocycles. The van der Waals surface area contributed by atoms with Crippen molar-refractivity contribution in [3.63, 3.8) is 0 Å². The Morgan fingerprint density at radius 2 is 1.74 bits per heavy atom. The van der Waals surface area contributed by atoms with Crippen molar-refractivity contribution in [2.45, 2.75) is 82.8 Å². The lowest BCUT2D eigenvalue weighted by Crippen LogP contribution is -2.52.